The summed E-state index contributed by atoms with van der Waals surface area (Å²) >= 11 is 1.63. The van der Waals surface area contributed by atoms with Crippen LogP contribution in [-0.2, 0) is 6.42 Å². The predicted octanol–water partition coefficient (Wildman–Crippen LogP) is 4.82. The molecule has 0 aliphatic rings. The van der Waals surface area contributed by atoms with E-state index in [1.54, 1.807) is 11.3 Å². The van der Waals surface area contributed by atoms with Gasteiger partial charge in [0.25, 0.3) is 0 Å². The molecule has 2 aromatic carbocycles. The summed E-state index contributed by atoms with van der Waals surface area (Å²) in [6.07, 6.45) is 0.919. The van der Waals surface area contributed by atoms with Crippen molar-refractivity contribution in [3.05, 3.63) is 88.6 Å². The zero-order chi connectivity index (χ0) is 15.2. The third kappa shape index (κ3) is 3.43. The zero-order valence-corrected chi connectivity index (χ0v) is 13.1. The van der Waals surface area contributed by atoms with Crippen LogP contribution in [-0.4, -0.2) is 12.4 Å². The Bertz CT molecular complexity index is 706. The van der Waals surface area contributed by atoms with Crippen molar-refractivity contribution < 1.29 is 0 Å². The molecule has 0 amide bonds. The van der Waals surface area contributed by atoms with Crippen LogP contribution in [0.2, 0.25) is 0 Å². The Morgan fingerprint density at radius 2 is 1.59 bits per heavy atom. The van der Waals surface area contributed by atoms with E-state index < -0.39 is 0 Å². The molecule has 22 heavy (non-hydrogen) atoms. The van der Waals surface area contributed by atoms with Gasteiger partial charge >= 0.3 is 0 Å². The van der Waals surface area contributed by atoms with Gasteiger partial charge in [0.1, 0.15) is 5.84 Å². The lowest BCUT2D eigenvalue weighted by Gasteiger charge is -2.25. The second kappa shape index (κ2) is 7.05. The Morgan fingerprint density at radius 3 is 2.23 bits per heavy atom. The van der Waals surface area contributed by atoms with Crippen LogP contribution >= 0.6 is 11.3 Å². The summed E-state index contributed by atoms with van der Waals surface area (Å²) in [6, 6.07) is 22.6. The Hall–Kier alpha value is -2.39. The summed E-state index contributed by atoms with van der Waals surface area (Å²) in [5.74, 6) is 0.559. The van der Waals surface area contributed by atoms with Crippen LogP contribution in [0, 0.1) is 5.41 Å². The maximum atomic E-state index is 8.54. The Labute approximate surface area is 135 Å². The van der Waals surface area contributed by atoms with Gasteiger partial charge in [-0.25, -0.2) is 0 Å². The molecule has 0 unspecified atom stereocenters. The third-order valence-corrected chi connectivity index (χ3v) is 4.28. The zero-order valence-electron chi connectivity index (χ0n) is 12.3. The molecule has 0 bridgehead atoms. The van der Waals surface area contributed by atoms with Gasteiger partial charge < -0.3 is 4.90 Å². The maximum Gasteiger partial charge on any atom is 0.133 e. The minimum atomic E-state index is 0.559. The number of hydrogen-bond acceptors (Lipinski definition) is 2. The van der Waals surface area contributed by atoms with Crippen molar-refractivity contribution in [2.75, 3.05) is 11.4 Å². The summed E-state index contributed by atoms with van der Waals surface area (Å²) < 4.78 is 0. The molecule has 3 rings (SSSR count). The predicted molar refractivity (Wildman–Crippen MR) is 95.1 cm³/mol. The van der Waals surface area contributed by atoms with Crippen LogP contribution in [0.1, 0.15) is 11.1 Å². The summed E-state index contributed by atoms with van der Waals surface area (Å²) in [4.78, 5) is 2.08. The average molecular weight is 306 g/mol. The summed E-state index contributed by atoms with van der Waals surface area (Å²) in [5, 5.41) is 12.6. The van der Waals surface area contributed by atoms with E-state index in [1.807, 2.05) is 41.1 Å². The van der Waals surface area contributed by atoms with E-state index in [1.165, 1.54) is 5.56 Å². The first kappa shape index (κ1) is 14.5. The molecule has 0 saturated carbocycles. The molecule has 3 aromatic rings. The number of thiophene rings is 1. The highest BCUT2D eigenvalue weighted by Gasteiger charge is 2.14. The van der Waals surface area contributed by atoms with Crippen molar-refractivity contribution >= 4 is 22.9 Å². The quantitative estimate of drug-likeness (QED) is 0.531. The molecule has 1 N–H and O–H groups in total. The fourth-order valence-corrected chi connectivity index (χ4v) is 3.06. The van der Waals surface area contributed by atoms with E-state index >= 15 is 0 Å². The SMILES string of the molecule is N=C(c1ccsc1)N(CCc1ccccc1)c1ccccc1. The average Bonchev–Trinajstić information content (AvgIpc) is 3.11. The Kier molecular flexibility index (Phi) is 4.66. The largest absolute Gasteiger partial charge is 0.326 e. The molecule has 1 aromatic heterocycles. The molecule has 1 heterocycles. The van der Waals surface area contributed by atoms with Gasteiger partial charge in [-0.2, -0.15) is 11.3 Å². The number of para-hydroxylation sites is 1. The number of nitrogens with zero attached hydrogens (tertiary/aromatic N) is 1. The van der Waals surface area contributed by atoms with Crippen molar-refractivity contribution in [1.82, 2.24) is 0 Å². The smallest absolute Gasteiger partial charge is 0.133 e. The highest BCUT2D eigenvalue weighted by Crippen LogP contribution is 2.19. The Balaban J connectivity index is 1.82. The number of anilines is 1. The standard InChI is InChI=1S/C19H18N2S/c20-19(17-12-14-22-15-17)21(18-9-5-2-6-10-18)13-11-16-7-3-1-4-8-16/h1-10,12,14-15,20H,11,13H2. The lowest BCUT2D eigenvalue weighted by atomic mass is 10.1. The number of hydrogen-bond donors (Lipinski definition) is 1. The highest BCUT2D eigenvalue weighted by molar-refractivity contribution is 7.08. The fraction of sp³-hybridized carbons (Fsp3) is 0.105. The van der Waals surface area contributed by atoms with Gasteiger partial charge in [-0.05, 0) is 35.6 Å². The molecule has 0 saturated heterocycles. The van der Waals surface area contributed by atoms with E-state index in [-0.39, 0.29) is 0 Å². The topological polar surface area (TPSA) is 27.1 Å². The molecule has 0 atom stereocenters. The van der Waals surface area contributed by atoms with E-state index in [0.29, 0.717) is 5.84 Å². The van der Waals surface area contributed by atoms with Crippen LogP contribution in [0.3, 0.4) is 0 Å². The molecule has 110 valence electrons. The van der Waals surface area contributed by atoms with Crippen molar-refractivity contribution in [2.24, 2.45) is 0 Å². The lowest BCUT2D eigenvalue weighted by molar-refractivity contribution is 0.929. The summed E-state index contributed by atoms with van der Waals surface area (Å²) in [6.45, 7) is 0.794. The molecular weight excluding hydrogens is 288 g/mol. The highest BCUT2D eigenvalue weighted by atomic mass is 32.1. The molecule has 0 spiro atoms. The fourth-order valence-electron chi connectivity index (χ4n) is 2.42. The van der Waals surface area contributed by atoms with Crippen LogP contribution in [0.5, 0.6) is 0 Å². The molecule has 2 nitrogen and oxygen atoms in total. The van der Waals surface area contributed by atoms with Gasteiger partial charge in [-0.3, -0.25) is 5.41 Å². The summed E-state index contributed by atoms with van der Waals surface area (Å²) in [5.41, 5.74) is 3.33. The number of nitrogens with one attached hydrogen (secondary N) is 1. The van der Waals surface area contributed by atoms with E-state index in [2.05, 4.69) is 41.3 Å². The first-order valence-corrected chi connectivity index (χ1v) is 8.26. The molecule has 0 aliphatic heterocycles. The first-order chi connectivity index (χ1) is 10.8. The Morgan fingerprint density at radius 1 is 0.909 bits per heavy atom. The van der Waals surface area contributed by atoms with Crippen molar-refractivity contribution in [3.63, 3.8) is 0 Å². The van der Waals surface area contributed by atoms with E-state index in [0.717, 1.165) is 24.2 Å². The van der Waals surface area contributed by atoms with Gasteiger partial charge in [0.15, 0.2) is 0 Å². The molecule has 0 radical (unpaired) electrons. The second-order valence-electron chi connectivity index (χ2n) is 5.08. The minimum Gasteiger partial charge on any atom is -0.326 e. The van der Waals surface area contributed by atoms with Gasteiger partial charge in [0, 0.05) is 23.2 Å². The minimum absolute atomic E-state index is 0.559. The van der Waals surface area contributed by atoms with Gasteiger partial charge in [0.2, 0.25) is 0 Å². The van der Waals surface area contributed by atoms with Gasteiger partial charge in [0.05, 0.1) is 0 Å². The van der Waals surface area contributed by atoms with Crippen LogP contribution < -0.4 is 4.90 Å². The number of benzene rings is 2. The second-order valence-corrected chi connectivity index (χ2v) is 5.86. The number of amidine groups is 1. The van der Waals surface area contributed by atoms with E-state index in [9.17, 15) is 0 Å². The van der Waals surface area contributed by atoms with Crippen molar-refractivity contribution in [2.45, 2.75) is 6.42 Å². The third-order valence-electron chi connectivity index (χ3n) is 3.60. The van der Waals surface area contributed by atoms with E-state index in [4.69, 9.17) is 5.41 Å². The maximum absolute atomic E-state index is 8.54. The van der Waals surface area contributed by atoms with Crippen molar-refractivity contribution in [3.8, 4) is 0 Å². The van der Waals surface area contributed by atoms with Crippen molar-refractivity contribution in [1.29, 1.82) is 5.41 Å². The lowest BCUT2D eigenvalue weighted by Crippen LogP contribution is -2.32. The number of rotatable bonds is 5. The monoisotopic (exact) mass is 306 g/mol. The van der Waals surface area contributed by atoms with Gasteiger partial charge in [-0.15, -0.1) is 0 Å². The van der Waals surface area contributed by atoms with Crippen LogP contribution in [0.15, 0.2) is 77.5 Å². The normalized spacial score (nSPS) is 10.4. The molecule has 0 fully saturated rings. The molecule has 3 heteroatoms. The van der Waals surface area contributed by atoms with Crippen LogP contribution in [0.4, 0.5) is 5.69 Å². The van der Waals surface area contributed by atoms with Gasteiger partial charge in [-0.1, -0.05) is 48.5 Å². The van der Waals surface area contributed by atoms with Crippen LogP contribution in [0.25, 0.3) is 0 Å². The molecule has 0 aliphatic carbocycles. The first-order valence-electron chi connectivity index (χ1n) is 7.32. The molecular formula is C19H18N2S. The summed E-state index contributed by atoms with van der Waals surface area (Å²) in [7, 11) is 0.